The van der Waals surface area contributed by atoms with Crippen molar-refractivity contribution in [1.29, 1.82) is 0 Å². The predicted molar refractivity (Wildman–Crippen MR) is 69.4 cm³/mol. The normalized spacial score (nSPS) is 16.9. The van der Waals surface area contributed by atoms with E-state index in [1.165, 1.54) is 25.7 Å². The molecule has 0 radical (unpaired) electrons. The van der Waals surface area contributed by atoms with Gasteiger partial charge >= 0.3 is 0 Å². The van der Waals surface area contributed by atoms with Crippen LogP contribution in [0.1, 0.15) is 75.7 Å². The van der Waals surface area contributed by atoms with Gasteiger partial charge in [0, 0.05) is 17.9 Å². The van der Waals surface area contributed by atoms with E-state index < -0.39 is 0 Å². The molecule has 17 heavy (non-hydrogen) atoms. The minimum absolute atomic E-state index is 0.0174. The molecule has 1 aromatic rings. The van der Waals surface area contributed by atoms with Gasteiger partial charge in [-0.3, -0.25) is 4.79 Å². The first-order valence-electron chi connectivity index (χ1n) is 6.85. The van der Waals surface area contributed by atoms with E-state index in [0.29, 0.717) is 11.8 Å². The van der Waals surface area contributed by atoms with Gasteiger partial charge in [0.15, 0.2) is 0 Å². The second-order valence-electron chi connectivity index (χ2n) is 5.05. The van der Waals surface area contributed by atoms with Gasteiger partial charge in [0.2, 0.25) is 0 Å². The zero-order valence-electron chi connectivity index (χ0n) is 10.8. The molecule has 3 nitrogen and oxygen atoms in total. The molecule has 1 fully saturated rings. The first-order valence-corrected chi connectivity index (χ1v) is 6.85. The van der Waals surface area contributed by atoms with E-state index in [-0.39, 0.29) is 5.56 Å². The summed E-state index contributed by atoms with van der Waals surface area (Å²) in [5, 5.41) is 0. The second-order valence-corrected chi connectivity index (χ2v) is 5.05. The van der Waals surface area contributed by atoms with Crippen molar-refractivity contribution in [3.05, 3.63) is 27.9 Å². The van der Waals surface area contributed by atoms with Gasteiger partial charge in [0.25, 0.3) is 5.56 Å². The smallest absolute Gasteiger partial charge is 0.251 e. The molecule has 0 aliphatic heterocycles. The summed E-state index contributed by atoms with van der Waals surface area (Å²) in [4.78, 5) is 19.3. The zero-order chi connectivity index (χ0) is 12.3. The highest BCUT2D eigenvalue weighted by atomic mass is 16.1. The lowest BCUT2D eigenvalue weighted by Gasteiger charge is -2.14. The number of H-pyrrole nitrogens is 1. The Kier molecular flexibility index (Phi) is 3.97. The summed E-state index contributed by atoms with van der Waals surface area (Å²) >= 11 is 0. The molecule has 94 valence electrons. The maximum Gasteiger partial charge on any atom is 0.251 e. The van der Waals surface area contributed by atoms with Gasteiger partial charge in [0.1, 0.15) is 5.82 Å². The Morgan fingerprint density at radius 3 is 2.59 bits per heavy atom. The van der Waals surface area contributed by atoms with Crippen LogP contribution in [0.15, 0.2) is 10.9 Å². The minimum atomic E-state index is 0.0174. The molecule has 1 saturated carbocycles. The fourth-order valence-electron chi connectivity index (χ4n) is 2.80. The van der Waals surface area contributed by atoms with E-state index in [0.717, 1.165) is 24.4 Å². The molecule has 1 aliphatic rings. The van der Waals surface area contributed by atoms with E-state index in [1.54, 1.807) is 6.07 Å². The Labute approximate surface area is 103 Å². The lowest BCUT2D eigenvalue weighted by molar-refractivity contribution is 0.584. The Balaban J connectivity index is 2.31. The van der Waals surface area contributed by atoms with Gasteiger partial charge in [-0.1, -0.05) is 26.7 Å². The largest absolute Gasteiger partial charge is 0.310 e. The van der Waals surface area contributed by atoms with Gasteiger partial charge in [-0.05, 0) is 25.7 Å². The third-order valence-electron chi connectivity index (χ3n) is 3.93. The molecule has 0 atom stereocenters. The molecule has 0 aromatic carbocycles. The molecule has 0 bridgehead atoms. The number of hydrogen-bond donors (Lipinski definition) is 1. The van der Waals surface area contributed by atoms with Crippen molar-refractivity contribution in [3.63, 3.8) is 0 Å². The number of aromatic nitrogens is 2. The topological polar surface area (TPSA) is 45.8 Å². The monoisotopic (exact) mass is 234 g/mol. The van der Waals surface area contributed by atoms with Crippen molar-refractivity contribution in [3.8, 4) is 0 Å². The molecular weight excluding hydrogens is 212 g/mol. The predicted octanol–water partition coefficient (Wildman–Crippen LogP) is 3.33. The van der Waals surface area contributed by atoms with Crippen LogP contribution in [-0.4, -0.2) is 9.97 Å². The van der Waals surface area contributed by atoms with E-state index in [4.69, 9.17) is 4.98 Å². The lowest BCUT2D eigenvalue weighted by Crippen LogP contribution is -2.16. The molecule has 2 rings (SSSR count). The molecule has 0 saturated heterocycles. The maximum atomic E-state index is 11.7. The van der Waals surface area contributed by atoms with Crippen molar-refractivity contribution in [2.24, 2.45) is 0 Å². The Bertz CT molecular complexity index is 391. The van der Waals surface area contributed by atoms with Gasteiger partial charge < -0.3 is 4.98 Å². The molecule has 0 unspecified atom stereocenters. The van der Waals surface area contributed by atoms with Crippen molar-refractivity contribution in [2.45, 2.75) is 64.2 Å². The molecule has 1 aromatic heterocycles. The summed E-state index contributed by atoms with van der Waals surface area (Å²) in [6.07, 6.45) is 7.01. The summed E-state index contributed by atoms with van der Waals surface area (Å²) in [6, 6.07) is 1.70. The van der Waals surface area contributed by atoms with Crippen LogP contribution in [0.5, 0.6) is 0 Å². The molecule has 0 amide bonds. The Morgan fingerprint density at radius 1 is 1.35 bits per heavy atom. The zero-order valence-corrected chi connectivity index (χ0v) is 10.8. The van der Waals surface area contributed by atoms with Crippen molar-refractivity contribution in [1.82, 2.24) is 9.97 Å². The van der Waals surface area contributed by atoms with Crippen LogP contribution >= 0.6 is 0 Å². The molecule has 1 heterocycles. The van der Waals surface area contributed by atoms with Crippen LogP contribution in [0.4, 0.5) is 0 Å². The van der Waals surface area contributed by atoms with Gasteiger partial charge in [-0.25, -0.2) is 4.98 Å². The first kappa shape index (κ1) is 12.3. The quantitative estimate of drug-likeness (QED) is 0.868. The Hall–Kier alpha value is -1.12. The summed E-state index contributed by atoms with van der Waals surface area (Å²) in [5.74, 6) is 1.80. The number of hydrogen-bond acceptors (Lipinski definition) is 2. The van der Waals surface area contributed by atoms with Gasteiger partial charge in [-0.2, -0.15) is 0 Å². The number of aromatic amines is 1. The van der Waals surface area contributed by atoms with Crippen LogP contribution in [0.2, 0.25) is 0 Å². The number of nitrogens with zero attached hydrogens (tertiary/aromatic N) is 1. The van der Waals surface area contributed by atoms with E-state index in [2.05, 4.69) is 18.8 Å². The summed E-state index contributed by atoms with van der Waals surface area (Å²) in [5.41, 5.74) is 1.04. The van der Waals surface area contributed by atoms with Crippen molar-refractivity contribution in [2.75, 3.05) is 0 Å². The summed E-state index contributed by atoms with van der Waals surface area (Å²) in [7, 11) is 0. The van der Waals surface area contributed by atoms with Crippen LogP contribution in [0, 0.1) is 0 Å². The highest BCUT2D eigenvalue weighted by molar-refractivity contribution is 5.12. The van der Waals surface area contributed by atoms with E-state index >= 15 is 0 Å². The molecule has 1 aliphatic carbocycles. The SMILES string of the molecule is CCC(CC)c1nc(C2CCCC2)cc(=O)[nH]1. The molecular formula is C14H22N2O. The Morgan fingerprint density at radius 2 is 2.00 bits per heavy atom. The van der Waals surface area contributed by atoms with E-state index in [1.807, 2.05) is 0 Å². The highest BCUT2D eigenvalue weighted by Gasteiger charge is 2.20. The van der Waals surface area contributed by atoms with Crippen molar-refractivity contribution >= 4 is 0 Å². The van der Waals surface area contributed by atoms with Crippen LogP contribution in [-0.2, 0) is 0 Å². The lowest BCUT2D eigenvalue weighted by atomic mass is 10.0. The molecule has 1 N–H and O–H groups in total. The average Bonchev–Trinajstić information content (AvgIpc) is 2.83. The third-order valence-corrected chi connectivity index (χ3v) is 3.93. The van der Waals surface area contributed by atoms with E-state index in [9.17, 15) is 4.79 Å². The van der Waals surface area contributed by atoms with Crippen LogP contribution in [0.3, 0.4) is 0 Å². The highest BCUT2D eigenvalue weighted by Crippen LogP contribution is 2.33. The number of rotatable bonds is 4. The van der Waals surface area contributed by atoms with Gasteiger partial charge in [-0.15, -0.1) is 0 Å². The third kappa shape index (κ3) is 2.76. The standard InChI is InChI=1S/C14H22N2O/c1-3-10(4-2)14-15-12(9-13(17)16-14)11-7-5-6-8-11/h9-11H,3-8H2,1-2H3,(H,15,16,17). The minimum Gasteiger partial charge on any atom is -0.310 e. The first-order chi connectivity index (χ1) is 8.24. The fourth-order valence-corrected chi connectivity index (χ4v) is 2.80. The average molecular weight is 234 g/mol. The van der Waals surface area contributed by atoms with Crippen LogP contribution in [0.25, 0.3) is 0 Å². The van der Waals surface area contributed by atoms with Crippen LogP contribution < -0.4 is 5.56 Å². The van der Waals surface area contributed by atoms with Gasteiger partial charge in [0.05, 0.1) is 5.69 Å². The molecule has 3 heteroatoms. The molecule has 0 spiro atoms. The van der Waals surface area contributed by atoms with Crippen molar-refractivity contribution < 1.29 is 0 Å². The summed E-state index contributed by atoms with van der Waals surface area (Å²) < 4.78 is 0. The second kappa shape index (κ2) is 5.48. The fraction of sp³-hybridized carbons (Fsp3) is 0.714. The number of nitrogens with one attached hydrogen (secondary N) is 1. The maximum absolute atomic E-state index is 11.7. The summed E-state index contributed by atoms with van der Waals surface area (Å²) in [6.45, 7) is 4.30.